The molecule has 6 heteroatoms. The van der Waals surface area contributed by atoms with E-state index in [1.807, 2.05) is 24.3 Å². The molecule has 0 aliphatic carbocycles. The van der Waals surface area contributed by atoms with E-state index in [-0.39, 0.29) is 24.6 Å². The predicted octanol–water partition coefficient (Wildman–Crippen LogP) is 1.18. The maximum absolute atomic E-state index is 12.0. The van der Waals surface area contributed by atoms with E-state index < -0.39 is 0 Å². The minimum atomic E-state index is -0.156. The number of amides is 2. The molecule has 0 spiro atoms. The fourth-order valence-electron chi connectivity index (χ4n) is 2.93. The molecule has 1 aromatic rings. The minimum Gasteiger partial charge on any atom is -0.396 e. The van der Waals surface area contributed by atoms with E-state index in [9.17, 15) is 9.90 Å². The number of hydrogen-bond donors (Lipinski definition) is 3. The summed E-state index contributed by atoms with van der Waals surface area (Å²) < 4.78 is 0. The number of urea groups is 1. The number of aromatic nitrogens is 1. The van der Waals surface area contributed by atoms with E-state index >= 15 is 0 Å². The van der Waals surface area contributed by atoms with Crippen molar-refractivity contribution in [3.05, 3.63) is 42.7 Å². The van der Waals surface area contributed by atoms with E-state index in [2.05, 4.69) is 27.1 Å². The Morgan fingerprint density at radius 3 is 2.88 bits per heavy atom. The molecule has 1 fully saturated rings. The maximum Gasteiger partial charge on any atom is 0.315 e. The second-order valence-corrected chi connectivity index (χ2v) is 6.29. The van der Waals surface area contributed by atoms with Crippen molar-refractivity contribution in [3.63, 3.8) is 0 Å². The zero-order valence-corrected chi connectivity index (χ0v) is 14.2. The van der Waals surface area contributed by atoms with Gasteiger partial charge in [0, 0.05) is 56.6 Å². The Hall–Kier alpha value is -1.92. The third-order valence-corrected chi connectivity index (χ3v) is 4.34. The lowest BCUT2D eigenvalue weighted by Gasteiger charge is -2.31. The van der Waals surface area contributed by atoms with Crippen molar-refractivity contribution in [1.29, 1.82) is 0 Å². The summed E-state index contributed by atoms with van der Waals surface area (Å²) >= 11 is 0. The molecule has 6 nitrogen and oxygen atoms in total. The normalized spacial score (nSPS) is 17.2. The van der Waals surface area contributed by atoms with Crippen LogP contribution in [-0.2, 0) is 6.42 Å². The third kappa shape index (κ3) is 6.29. The Bertz CT molecular complexity index is 501. The van der Waals surface area contributed by atoms with Gasteiger partial charge in [0.25, 0.3) is 0 Å². The summed E-state index contributed by atoms with van der Waals surface area (Å²) in [7, 11) is 0. The third-order valence-electron chi connectivity index (χ3n) is 4.34. The van der Waals surface area contributed by atoms with Gasteiger partial charge in [-0.2, -0.15) is 0 Å². The van der Waals surface area contributed by atoms with Crippen molar-refractivity contribution in [2.45, 2.75) is 25.3 Å². The zero-order chi connectivity index (χ0) is 17.2. The lowest BCUT2D eigenvalue weighted by molar-refractivity contribution is 0.197. The van der Waals surface area contributed by atoms with Gasteiger partial charge in [-0.05, 0) is 31.4 Å². The van der Waals surface area contributed by atoms with Crippen LogP contribution < -0.4 is 10.6 Å². The van der Waals surface area contributed by atoms with Gasteiger partial charge in [0.15, 0.2) is 0 Å². The van der Waals surface area contributed by atoms with Gasteiger partial charge in [-0.25, -0.2) is 4.79 Å². The largest absolute Gasteiger partial charge is 0.396 e. The first-order valence-corrected chi connectivity index (χ1v) is 8.59. The first-order chi connectivity index (χ1) is 11.7. The van der Waals surface area contributed by atoms with Gasteiger partial charge in [0.1, 0.15) is 0 Å². The summed E-state index contributed by atoms with van der Waals surface area (Å²) in [4.78, 5) is 18.6. The second-order valence-electron chi connectivity index (χ2n) is 6.29. The summed E-state index contributed by atoms with van der Waals surface area (Å²) in [6, 6.07) is 5.78. The van der Waals surface area contributed by atoms with Gasteiger partial charge in [-0.3, -0.25) is 9.88 Å². The van der Waals surface area contributed by atoms with E-state index in [0.29, 0.717) is 13.0 Å². The standard InChI is InChI=1S/C18H28N4O2/c1-2-9-22-10-6-16(7-11-22)21-18(24)20-13-15(14-23)12-17-5-3-4-8-19-17/h2-5,8,15-16,23H,1,6-7,9-14H2,(H2,20,21,24). The summed E-state index contributed by atoms with van der Waals surface area (Å²) in [6.07, 6.45) is 6.22. The van der Waals surface area contributed by atoms with E-state index in [1.54, 1.807) is 6.20 Å². The van der Waals surface area contributed by atoms with E-state index in [1.165, 1.54) is 0 Å². The smallest absolute Gasteiger partial charge is 0.315 e. The van der Waals surface area contributed by atoms with Crippen LogP contribution in [0.5, 0.6) is 0 Å². The number of hydrogen-bond acceptors (Lipinski definition) is 4. The van der Waals surface area contributed by atoms with Crippen LogP contribution in [0.15, 0.2) is 37.1 Å². The second kappa shape index (κ2) is 10.1. The van der Waals surface area contributed by atoms with Crippen LogP contribution in [0.1, 0.15) is 18.5 Å². The number of carbonyl (C=O) groups excluding carboxylic acids is 1. The van der Waals surface area contributed by atoms with Crippen LogP contribution in [0, 0.1) is 5.92 Å². The topological polar surface area (TPSA) is 77.5 Å². The van der Waals surface area contributed by atoms with Crippen LogP contribution in [0.2, 0.25) is 0 Å². The number of rotatable bonds is 8. The molecule has 1 aromatic heterocycles. The minimum absolute atomic E-state index is 0.0246. The fraction of sp³-hybridized carbons (Fsp3) is 0.556. The van der Waals surface area contributed by atoms with Gasteiger partial charge in [0.2, 0.25) is 0 Å². The highest BCUT2D eigenvalue weighted by atomic mass is 16.3. The molecule has 2 rings (SSSR count). The summed E-state index contributed by atoms with van der Waals surface area (Å²) in [6.45, 7) is 7.09. The molecule has 0 radical (unpaired) electrons. The summed E-state index contributed by atoms with van der Waals surface area (Å²) in [5.74, 6) is -0.0277. The Morgan fingerprint density at radius 1 is 1.46 bits per heavy atom. The SMILES string of the molecule is C=CCN1CCC(NC(=O)NCC(CO)Cc2ccccn2)CC1. The van der Waals surface area contributed by atoms with Gasteiger partial charge in [-0.1, -0.05) is 12.1 Å². The summed E-state index contributed by atoms with van der Waals surface area (Å²) in [5, 5.41) is 15.4. The number of nitrogens with one attached hydrogen (secondary N) is 2. The zero-order valence-electron chi connectivity index (χ0n) is 14.2. The number of likely N-dealkylation sites (tertiary alicyclic amines) is 1. The molecule has 1 atom stereocenters. The molecular formula is C18H28N4O2. The van der Waals surface area contributed by atoms with Gasteiger partial charge in [-0.15, -0.1) is 6.58 Å². The molecule has 0 bridgehead atoms. The monoisotopic (exact) mass is 332 g/mol. The van der Waals surface area contributed by atoms with Crippen LogP contribution in [0.25, 0.3) is 0 Å². The Kier molecular flexibility index (Phi) is 7.71. The van der Waals surface area contributed by atoms with Crippen molar-refractivity contribution in [2.75, 3.05) is 32.8 Å². The molecule has 0 saturated carbocycles. The fourth-order valence-corrected chi connectivity index (χ4v) is 2.93. The Balaban J connectivity index is 1.67. The molecule has 132 valence electrons. The first kappa shape index (κ1) is 18.4. The number of carbonyl (C=O) groups is 1. The molecule has 1 saturated heterocycles. The summed E-state index contributed by atoms with van der Waals surface area (Å²) in [5.41, 5.74) is 0.924. The molecule has 2 amide bonds. The van der Waals surface area contributed by atoms with E-state index in [0.717, 1.165) is 38.2 Å². The van der Waals surface area contributed by atoms with Gasteiger partial charge in [0.05, 0.1) is 0 Å². The first-order valence-electron chi connectivity index (χ1n) is 8.59. The number of aliphatic hydroxyl groups excluding tert-OH is 1. The van der Waals surface area contributed by atoms with Crippen molar-refractivity contribution in [2.24, 2.45) is 5.92 Å². The van der Waals surface area contributed by atoms with Crippen LogP contribution >= 0.6 is 0 Å². The van der Waals surface area contributed by atoms with Crippen LogP contribution in [-0.4, -0.2) is 59.8 Å². The quantitative estimate of drug-likeness (QED) is 0.625. The lowest BCUT2D eigenvalue weighted by atomic mass is 10.0. The molecule has 1 aliphatic heterocycles. The van der Waals surface area contributed by atoms with Gasteiger partial charge < -0.3 is 15.7 Å². The van der Waals surface area contributed by atoms with E-state index in [4.69, 9.17) is 0 Å². The molecule has 1 unspecified atom stereocenters. The Morgan fingerprint density at radius 2 is 2.25 bits per heavy atom. The van der Waals surface area contributed by atoms with Crippen molar-refractivity contribution < 1.29 is 9.90 Å². The maximum atomic E-state index is 12.0. The molecule has 24 heavy (non-hydrogen) atoms. The van der Waals surface area contributed by atoms with Crippen molar-refractivity contribution in [3.8, 4) is 0 Å². The lowest BCUT2D eigenvalue weighted by Crippen LogP contribution is -2.48. The van der Waals surface area contributed by atoms with Gasteiger partial charge >= 0.3 is 6.03 Å². The molecule has 3 N–H and O–H groups in total. The molecule has 1 aliphatic rings. The molecular weight excluding hydrogens is 304 g/mol. The van der Waals surface area contributed by atoms with Crippen LogP contribution in [0.3, 0.4) is 0 Å². The highest BCUT2D eigenvalue weighted by Crippen LogP contribution is 2.10. The number of piperidine rings is 1. The highest BCUT2D eigenvalue weighted by molar-refractivity contribution is 5.74. The number of nitrogens with zero attached hydrogens (tertiary/aromatic N) is 2. The van der Waals surface area contributed by atoms with Crippen LogP contribution in [0.4, 0.5) is 4.79 Å². The van der Waals surface area contributed by atoms with Crippen molar-refractivity contribution >= 4 is 6.03 Å². The predicted molar refractivity (Wildman–Crippen MR) is 94.7 cm³/mol. The highest BCUT2D eigenvalue weighted by Gasteiger charge is 2.20. The number of pyridine rings is 1. The molecule has 2 heterocycles. The average molecular weight is 332 g/mol. The number of aliphatic hydroxyl groups is 1. The average Bonchev–Trinajstić information content (AvgIpc) is 2.61. The molecule has 0 aromatic carbocycles. The Labute approximate surface area is 144 Å². The van der Waals surface area contributed by atoms with Crippen molar-refractivity contribution in [1.82, 2.24) is 20.5 Å².